The van der Waals surface area contributed by atoms with Crippen molar-refractivity contribution < 1.29 is 4.39 Å². The van der Waals surface area contributed by atoms with Crippen LogP contribution in [0, 0.1) is 17.5 Å². The Bertz CT molecular complexity index is 1230. The molecule has 0 atom stereocenters. The van der Waals surface area contributed by atoms with Crippen LogP contribution >= 0.6 is 23.8 Å². The predicted octanol–water partition coefficient (Wildman–Crippen LogP) is 6.26. The van der Waals surface area contributed by atoms with E-state index in [-0.39, 0.29) is 5.82 Å². The molecule has 0 saturated heterocycles. The number of aryl methyl sites for hydroxylation is 1. The van der Waals surface area contributed by atoms with Crippen molar-refractivity contribution in [2.45, 2.75) is 20.1 Å². The molecular weight excluding hydrogens is 431 g/mol. The largest absolute Gasteiger partial charge is 0.283 e. The standard InChI is InChI=1S/C24H22ClFN4S/c1-17-3-13-22(14-4-17)30-23(19-7-9-20(25)10-8-19)27-29(24(30)31)16-28(2)15-18-5-11-21(26)12-6-18/h3-14H,15-16H2,1-2H3. The molecule has 4 rings (SSSR count). The van der Waals surface area contributed by atoms with Gasteiger partial charge < -0.3 is 0 Å². The first-order chi connectivity index (χ1) is 14.9. The van der Waals surface area contributed by atoms with E-state index in [0.717, 1.165) is 22.6 Å². The normalized spacial score (nSPS) is 11.3. The van der Waals surface area contributed by atoms with E-state index < -0.39 is 0 Å². The van der Waals surface area contributed by atoms with Crippen molar-refractivity contribution in [3.63, 3.8) is 0 Å². The van der Waals surface area contributed by atoms with Gasteiger partial charge >= 0.3 is 0 Å². The van der Waals surface area contributed by atoms with Crippen LogP contribution in [-0.2, 0) is 13.2 Å². The van der Waals surface area contributed by atoms with E-state index in [1.54, 1.807) is 12.1 Å². The van der Waals surface area contributed by atoms with Crippen molar-refractivity contribution in [2.24, 2.45) is 0 Å². The van der Waals surface area contributed by atoms with E-state index in [9.17, 15) is 4.39 Å². The Balaban J connectivity index is 1.70. The first kappa shape index (κ1) is 21.4. The van der Waals surface area contributed by atoms with E-state index in [0.29, 0.717) is 23.0 Å². The molecule has 0 spiro atoms. The molecule has 0 aliphatic carbocycles. The quantitative estimate of drug-likeness (QED) is 0.323. The molecule has 0 unspecified atom stereocenters. The van der Waals surface area contributed by atoms with Gasteiger partial charge in [-0.25, -0.2) is 9.07 Å². The molecule has 3 aromatic carbocycles. The summed E-state index contributed by atoms with van der Waals surface area (Å²) in [5.74, 6) is 0.513. The monoisotopic (exact) mass is 452 g/mol. The molecule has 4 nitrogen and oxygen atoms in total. The first-order valence-corrected chi connectivity index (χ1v) is 10.6. The second kappa shape index (κ2) is 9.14. The maximum Gasteiger partial charge on any atom is 0.204 e. The maximum absolute atomic E-state index is 13.2. The zero-order valence-electron chi connectivity index (χ0n) is 17.3. The summed E-state index contributed by atoms with van der Waals surface area (Å²) < 4.78 is 17.6. The molecule has 4 aromatic rings. The number of hydrogen-bond donors (Lipinski definition) is 0. The summed E-state index contributed by atoms with van der Waals surface area (Å²) in [6, 6.07) is 22.3. The highest BCUT2D eigenvalue weighted by molar-refractivity contribution is 7.71. The molecule has 31 heavy (non-hydrogen) atoms. The highest BCUT2D eigenvalue weighted by Gasteiger charge is 2.16. The van der Waals surface area contributed by atoms with Gasteiger partial charge in [-0.1, -0.05) is 41.4 Å². The van der Waals surface area contributed by atoms with Crippen LogP contribution in [0.2, 0.25) is 5.02 Å². The fourth-order valence-electron chi connectivity index (χ4n) is 3.39. The molecule has 0 bridgehead atoms. The summed E-state index contributed by atoms with van der Waals surface area (Å²) in [5.41, 5.74) is 4.07. The van der Waals surface area contributed by atoms with Crippen LogP contribution in [-0.4, -0.2) is 26.3 Å². The lowest BCUT2D eigenvalue weighted by Gasteiger charge is -2.16. The minimum atomic E-state index is -0.238. The third-order valence-corrected chi connectivity index (χ3v) is 5.62. The Labute approximate surface area is 191 Å². The molecule has 0 aliphatic heterocycles. The molecule has 0 amide bonds. The van der Waals surface area contributed by atoms with Gasteiger partial charge in [0.25, 0.3) is 0 Å². The average Bonchev–Trinajstić information content (AvgIpc) is 3.07. The van der Waals surface area contributed by atoms with Crippen molar-refractivity contribution in [3.8, 4) is 17.1 Å². The highest BCUT2D eigenvalue weighted by Crippen LogP contribution is 2.24. The van der Waals surface area contributed by atoms with E-state index in [2.05, 4.69) is 24.0 Å². The second-order valence-corrected chi connectivity index (χ2v) is 8.37. The van der Waals surface area contributed by atoms with Gasteiger partial charge in [0, 0.05) is 22.8 Å². The Morgan fingerprint density at radius 2 is 1.61 bits per heavy atom. The number of aromatic nitrogens is 3. The summed E-state index contributed by atoms with van der Waals surface area (Å²) >= 11 is 11.9. The van der Waals surface area contributed by atoms with Gasteiger partial charge in [0.15, 0.2) is 5.82 Å². The van der Waals surface area contributed by atoms with Gasteiger partial charge in [-0.05, 0) is 80.3 Å². The predicted molar refractivity (Wildman–Crippen MR) is 125 cm³/mol. The summed E-state index contributed by atoms with van der Waals surface area (Å²) in [7, 11) is 1.98. The van der Waals surface area contributed by atoms with Gasteiger partial charge in [0.2, 0.25) is 4.77 Å². The molecule has 0 radical (unpaired) electrons. The number of halogens is 2. The minimum Gasteiger partial charge on any atom is -0.283 e. The number of rotatable bonds is 6. The summed E-state index contributed by atoms with van der Waals surface area (Å²) in [6.07, 6.45) is 0. The summed E-state index contributed by atoms with van der Waals surface area (Å²) in [5, 5.41) is 5.50. The summed E-state index contributed by atoms with van der Waals surface area (Å²) in [4.78, 5) is 2.08. The van der Waals surface area contributed by atoms with Gasteiger partial charge in [0.05, 0.1) is 6.67 Å². The molecule has 0 fully saturated rings. The van der Waals surface area contributed by atoms with Crippen LogP contribution in [0.25, 0.3) is 17.1 Å². The Morgan fingerprint density at radius 3 is 2.26 bits per heavy atom. The van der Waals surface area contributed by atoms with Gasteiger partial charge in [-0.2, -0.15) is 0 Å². The van der Waals surface area contributed by atoms with Crippen LogP contribution in [0.3, 0.4) is 0 Å². The molecule has 1 aromatic heterocycles. The number of benzene rings is 3. The minimum absolute atomic E-state index is 0.238. The average molecular weight is 453 g/mol. The van der Waals surface area contributed by atoms with Gasteiger partial charge in [-0.15, -0.1) is 5.10 Å². The lowest BCUT2D eigenvalue weighted by atomic mass is 10.2. The zero-order chi connectivity index (χ0) is 22.0. The van der Waals surface area contributed by atoms with Gasteiger partial charge in [-0.3, -0.25) is 9.47 Å². The van der Waals surface area contributed by atoms with E-state index in [1.807, 2.05) is 52.7 Å². The van der Waals surface area contributed by atoms with Crippen molar-refractivity contribution in [1.29, 1.82) is 0 Å². The zero-order valence-corrected chi connectivity index (χ0v) is 18.9. The van der Waals surface area contributed by atoms with Crippen molar-refractivity contribution in [2.75, 3.05) is 7.05 Å². The lowest BCUT2D eigenvalue weighted by molar-refractivity contribution is 0.244. The fourth-order valence-corrected chi connectivity index (χ4v) is 3.81. The van der Waals surface area contributed by atoms with Gasteiger partial charge in [0.1, 0.15) is 5.82 Å². The molecular formula is C24H22ClFN4S. The SMILES string of the molecule is Cc1ccc(-n2c(-c3ccc(Cl)cc3)nn(CN(C)Cc3ccc(F)cc3)c2=S)cc1. The molecule has 0 aliphatic rings. The van der Waals surface area contributed by atoms with Crippen LogP contribution in [0.1, 0.15) is 11.1 Å². The van der Waals surface area contributed by atoms with E-state index >= 15 is 0 Å². The highest BCUT2D eigenvalue weighted by atomic mass is 35.5. The molecule has 158 valence electrons. The number of hydrogen-bond acceptors (Lipinski definition) is 3. The molecule has 1 heterocycles. The maximum atomic E-state index is 13.2. The van der Waals surface area contributed by atoms with Crippen molar-refractivity contribution in [1.82, 2.24) is 19.2 Å². The van der Waals surface area contributed by atoms with E-state index in [1.165, 1.54) is 17.7 Å². The fraction of sp³-hybridized carbons (Fsp3) is 0.167. The van der Waals surface area contributed by atoms with Crippen LogP contribution < -0.4 is 0 Å². The third kappa shape index (κ3) is 4.93. The smallest absolute Gasteiger partial charge is 0.204 e. The Morgan fingerprint density at radius 1 is 0.968 bits per heavy atom. The van der Waals surface area contributed by atoms with Crippen LogP contribution in [0.5, 0.6) is 0 Å². The number of nitrogens with zero attached hydrogens (tertiary/aromatic N) is 4. The van der Waals surface area contributed by atoms with Crippen molar-refractivity contribution >= 4 is 23.8 Å². The summed E-state index contributed by atoms with van der Waals surface area (Å²) in [6.45, 7) is 3.20. The Hall–Kier alpha value is -2.80. The first-order valence-electron chi connectivity index (χ1n) is 9.86. The van der Waals surface area contributed by atoms with Crippen LogP contribution in [0.15, 0.2) is 72.8 Å². The van der Waals surface area contributed by atoms with E-state index in [4.69, 9.17) is 28.9 Å². The molecule has 7 heteroatoms. The molecule has 0 N–H and O–H groups in total. The Kier molecular flexibility index (Phi) is 6.32. The lowest BCUT2D eigenvalue weighted by Crippen LogP contribution is -2.22. The topological polar surface area (TPSA) is 26.0 Å². The third-order valence-electron chi connectivity index (χ3n) is 4.98. The molecule has 0 saturated carbocycles. The second-order valence-electron chi connectivity index (χ2n) is 7.57. The van der Waals surface area contributed by atoms with Crippen molar-refractivity contribution in [3.05, 3.63) is 99.5 Å². The van der Waals surface area contributed by atoms with Crippen LogP contribution in [0.4, 0.5) is 4.39 Å².